The first-order valence-electron chi connectivity index (χ1n) is 6.75. The van der Waals surface area contributed by atoms with Crippen LogP contribution in [0.2, 0.25) is 0 Å². The Kier molecular flexibility index (Phi) is 6.74. The van der Waals surface area contributed by atoms with Gasteiger partial charge >= 0.3 is 0 Å². The summed E-state index contributed by atoms with van der Waals surface area (Å²) in [6.45, 7) is 11.5. The van der Waals surface area contributed by atoms with Crippen molar-refractivity contribution in [1.29, 1.82) is 0 Å². The first-order chi connectivity index (χ1) is 7.77. The lowest BCUT2D eigenvalue weighted by molar-refractivity contribution is 0.0393. The van der Waals surface area contributed by atoms with Crippen LogP contribution in [0.1, 0.15) is 46.0 Å². The maximum absolute atomic E-state index is 5.59. The first kappa shape index (κ1) is 13.7. The van der Waals surface area contributed by atoms with E-state index in [2.05, 4.69) is 25.7 Å². The first-order valence-corrected chi connectivity index (χ1v) is 6.75. The lowest BCUT2D eigenvalue weighted by Gasteiger charge is -2.31. The fourth-order valence-electron chi connectivity index (χ4n) is 2.27. The highest BCUT2D eigenvalue weighted by Gasteiger charge is 2.23. The maximum atomic E-state index is 5.59. The zero-order valence-corrected chi connectivity index (χ0v) is 10.9. The van der Waals surface area contributed by atoms with Gasteiger partial charge in [0.1, 0.15) is 0 Å². The summed E-state index contributed by atoms with van der Waals surface area (Å²) in [5, 5.41) is 3.66. The van der Waals surface area contributed by atoms with Crippen molar-refractivity contribution in [1.82, 2.24) is 5.32 Å². The van der Waals surface area contributed by atoms with Crippen LogP contribution in [0, 0.1) is 5.92 Å². The smallest absolute Gasteiger partial charge is 0.0509 e. The molecule has 16 heavy (non-hydrogen) atoms. The van der Waals surface area contributed by atoms with Crippen LogP contribution in [0.4, 0.5) is 0 Å². The van der Waals surface area contributed by atoms with Crippen LogP contribution in [-0.2, 0) is 4.74 Å². The number of hydrogen-bond donors (Lipinski definition) is 1. The van der Waals surface area contributed by atoms with E-state index in [1.165, 1.54) is 24.8 Å². The zero-order valence-electron chi connectivity index (χ0n) is 10.9. The molecule has 0 spiro atoms. The van der Waals surface area contributed by atoms with Gasteiger partial charge in [-0.2, -0.15) is 0 Å². The Morgan fingerprint density at radius 2 is 2.31 bits per heavy atom. The van der Waals surface area contributed by atoms with Crippen molar-refractivity contribution in [2.45, 2.75) is 52.0 Å². The Bertz CT molecular complexity index is 197. The summed E-state index contributed by atoms with van der Waals surface area (Å²) in [6, 6.07) is 0.577. The fourth-order valence-corrected chi connectivity index (χ4v) is 2.27. The van der Waals surface area contributed by atoms with Gasteiger partial charge in [-0.1, -0.05) is 26.0 Å². The van der Waals surface area contributed by atoms with E-state index >= 15 is 0 Å². The lowest BCUT2D eigenvalue weighted by atomic mass is 9.89. The van der Waals surface area contributed by atoms with Gasteiger partial charge in [-0.3, -0.25) is 0 Å². The fraction of sp³-hybridized carbons (Fsp3) is 0.857. The molecule has 0 amide bonds. The molecule has 94 valence electrons. The van der Waals surface area contributed by atoms with E-state index < -0.39 is 0 Å². The average Bonchev–Trinajstić information content (AvgIpc) is 2.35. The molecule has 1 aliphatic heterocycles. The molecule has 1 rings (SSSR count). The molecule has 1 saturated heterocycles. The molecule has 0 aromatic heterocycles. The van der Waals surface area contributed by atoms with Gasteiger partial charge in [-0.15, -0.1) is 0 Å². The van der Waals surface area contributed by atoms with Gasteiger partial charge in [-0.05, 0) is 44.6 Å². The Morgan fingerprint density at radius 1 is 1.50 bits per heavy atom. The topological polar surface area (TPSA) is 21.3 Å². The third-order valence-electron chi connectivity index (χ3n) is 3.43. The van der Waals surface area contributed by atoms with Crippen LogP contribution < -0.4 is 5.32 Å². The maximum Gasteiger partial charge on any atom is 0.0509 e. The largest absolute Gasteiger partial charge is 0.381 e. The molecule has 0 saturated carbocycles. The zero-order chi connectivity index (χ0) is 11.8. The Morgan fingerprint density at radius 3 is 2.88 bits per heavy atom. The van der Waals surface area contributed by atoms with E-state index in [4.69, 9.17) is 4.74 Å². The summed E-state index contributed by atoms with van der Waals surface area (Å²) in [5.41, 5.74) is 1.36. The van der Waals surface area contributed by atoms with Gasteiger partial charge in [0.15, 0.2) is 0 Å². The van der Waals surface area contributed by atoms with Crippen LogP contribution in [0.3, 0.4) is 0 Å². The van der Waals surface area contributed by atoms with E-state index in [9.17, 15) is 0 Å². The molecular formula is C14H27NO. The predicted octanol–water partition coefficient (Wildman–Crippen LogP) is 3.14. The Labute approximate surface area is 100 Å². The van der Waals surface area contributed by atoms with Crippen molar-refractivity contribution >= 4 is 0 Å². The van der Waals surface area contributed by atoms with Crippen LogP contribution >= 0.6 is 0 Å². The van der Waals surface area contributed by atoms with E-state index in [1.54, 1.807) is 0 Å². The second-order valence-corrected chi connectivity index (χ2v) is 4.85. The number of rotatable bonds is 7. The summed E-state index contributed by atoms with van der Waals surface area (Å²) < 4.78 is 5.59. The van der Waals surface area contributed by atoms with Crippen LogP contribution in [-0.4, -0.2) is 25.8 Å². The van der Waals surface area contributed by atoms with E-state index in [-0.39, 0.29) is 0 Å². The molecule has 1 N–H and O–H groups in total. The minimum absolute atomic E-state index is 0.577. The molecule has 2 atom stereocenters. The van der Waals surface area contributed by atoms with Gasteiger partial charge in [0.05, 0.1) is 6.61 Å². The van der Waals surface area contributed by atoms with Crippen molar-refractivity contribution in [2.75, 3.05) is 19.8 Å². The summed E-state index contributed by atoms with van der Waals surface area (Å²) in [5.74, 6) is 0.684. The van der Waals surface area contributed by atoms with Crippen molar-refractivity contribution in [3.05, 3.63) is 12.2 Å². The summed E-state index contributed by atoms with van der Waals surface area (Å²) >= 11 is 0. The summed E-state index contributed by atoms with van der Waals surface area (Å²) in [4.78, 5) is 0. The molecule has 0 radical (unpaired) electrons. The third kappa shape index (κ3) is 4.67. The van der Waals surface area contributed by atoms with Gasteiger partial charge in [0, 0.05) is 12.6 Å². The molecule has 1 aliphatic rings. The highest BCUT2D eigenvalue weighted by Crippen LogP contribution is 2.22. The van der Waals surface area contributed by atoms with Crippen LogP contribution in [0.15, 0.2) is 12.2 Å². The minimum atomic E-state index is 0.577. The lowest BCUT2D eigenvalue weighted by Crippen LogP contribution is -2.40. The summed E-state index contributed by atoms with van der Waals surface area (Å²) in [6.07, 6.45) is 5.93. The SMILES string of the molecule is C=C(CC)CC(NCCC)C1CCCOC1. The number of ether oxygens (including phenoxy) is 1. The molecule has 1 fully saturated rings. The van der Waals surface area contributed by atoms with Crippen LogP contribution in [0.5, 0.6) is 0 Å². The minimum Gasteiger partial charge on any atom is -0.381 e. The van der Waals surface area contributed by atoms with Gasteiger partial charge in [0.25, 0.3) is 0 Å². The van der Waals surface area contributed by atoms with Gasteiger partial charge in [0.2, 0.25) is 0 Å². The second kappa shape index (κ2) is 7.86. The van der Waals surface area contributed by atoms with Crippen molar-refractivity contribution < 1.29 is 4.74 Å². The molecule has 0 aromatic carbocycles. The highest BCUT2D eigenvalue weighted by molar-refractivity contribution is 4.98. The van der Waals surface area contributed by atoms with Crippen molar-refractivity contribution in [2.24, 2.45) is 5.92 Å². The molecule has 0 aliphatic carbocycles. The van der Waals surface area contributed by atoms with E-state index in [0.717, 1.165) is 32.6 Å². The molecule has 2 heteroatoms. The normalized spacial score (nSPS) is 23.0. The standard InChI is InChI=1S/C14H27NO/c1-4-8-15-14(10-12(3)5-2)13-7-6-9-16-11-13/h13-15H,3-11H2,1-2H3. The monoisotopic (exact) mass is 225 g/mol. The molecule has 0 aromatic rings. The van der Waals surface area contributed by atoms with Gasteiger partial charge in [-0.25, -0.2) is 0 Å². The molecule has 0 bridgehead atoms. The predicted molar refractivity (Wildman–Crippen MR) is 69.7 cm³/mol. The molecule has 1 heterocycles. The van der Waals surface area contributed by atoms with E-state index in [0.29, 0.717) is 12.0 Å². The number of nitrogens with one attached hydrogen (secondary N) is 1. The summed E-state index contributed by atoms with van der Waals surface area (Å²) in [7, 11) is 0. The number of hydrogen-bond acceptors (Lipinski definition) is 2. The Hall–Kier alpha value is -0.340. The average molecular weight is 225 g/mol. The molecule has 2 unspecified atom stereocenters. The third-order valence-corrected chi connectivity index (χ3v) is 3.43. The van der Waals surface area contributed by atoms with Crippen molar-refractivity contribution in [3.63, 3.8) is 0 Å². The quantitative estimate of drug-likeness (QED) is 0.672. The van der Waals surface area contributed by atoms with E-state index in [1.807, 2.05) is 0 Å². The van der Waals surface area contributed by atoms with Crippen molar-refractivity contribution in [3.8, 4) is 0 Å². The second-order valence-electron chi connectivity index (χ2n) is 4.85. The molecule has 2 nitrogen and oxygen atoms in total. The highest BCUT2D eigenvalue weighted by atomic mass is 16.5. The van der Waals surface area contributed by atoms with Gasteiger partial charge < -0.3 is 10.1 Å². The van der Waals surface area contributed by atoms with Crippen LogP contribution in [0.25, 0.3) is 0 Å². The molecular weight excluding hydrogens is 198 g/mol. The Balaban J connectivity index is 2.43.